The molecule has 0 aliphatic heterocycles. The third kappa shape index (κ3) is 4.53. The third-order valence-electron chi connectivity index (χ3n) is 2.51. The second-order valence-electron chi connectivity index (χ2n) is 3.71. The number of rotatable bonds is 7. The fourth-order valence-corrected chi connectivity index (χ4v) is 1.55. The highest BCUT2D eigenvalue weighted by Crippen LogP contribution is 2.06. The Balaban J connectivity index is 2.42. The van der Waals surface area contributed by atoms with Gasteiger partial charge in [-0.2, -0.15) is 5.26 Å². The highest BCUT2D eigenvalue weighted by Gasteiger charge is 2.06. The predicted molar refractivity (Wildman–Crippen MR) is 65.5 cm³/mol. The Morgan fingerprint density at radius 1 is 1.35 bits per heavy atom. The van der Waals surface area contributed by atoms with Gasteiger partial charge in [0.05, 0.1) is 24.3 Å². The first-order valence-corrected chi connectivity index (χ1v) is 5.52. The summed E-state index contributed by atoms with van der Waals surface area (Å²) in [5.41, 5.74) is 1.71. The van der Waals surface area contributed by atoms with Gasteiger partial charge in [-0.25, -0.2) is 0 Å². The van der Waals surface area contributed by atoms with Crippen LogP contribution in [0.25, 0.3) is 0 Å². The molecule has 0 aliphatic rings. The van der Waals surface area contributed by atoms with Gasteiger partial charge < -0.3 is 14.8 Å². The van der Waals surface area contributed by atoms with Gasteiger partial charge in [0.15, 0.2) is 0 Å². The maximum absolute atomic E-state index is 8.93. The lowest BCUT2D eigenvalue weighted by molar-refractivity contribution is 0.0288. The molecule has 1 aromatic carbocycles. The molecular weight excluding hydrogens is 216 g/mol. The van der Waals surface area contributed by atoms with Crippen LogP contribution in [0.2, 0.25) is 0 Å². The summed E-state index contributed by atoms with van der Waals surface area (Å²) in [5.74, 6) is 0. The van der Waals surface area contributed by atoms with Crippen LogP contribution in [0.15, 0.2) is 24.3 Å². The molecule has 0 amide bonds. The van der Waals surface area contributed by atoms with Crippen molar-refractivity contribution in [3.8, 4) is 6.07 Å². The molecule has 17 heavy (non-hydrogen) atoms. The molecule has 0 heterocycles. The molecule has 4 nitrogen and oxygen atoms in total. The zero-order valence-corrected chi connectivity index (χ0v) is 10.3. The van der Waals surface area contributed by atoms with Gasteiger partial charge in [-0.1, -0.05) is 18.2 Å². The van der Waals surface area contributed by atoms with Crippen molar-refractivity contribution < 1.29 is 9.47 Å². The van der Waals surface area contributed by atoms with E-state index in [-0.39, 0.29) is 6.10 Å². The highest BCUT2D eigenvalue weighted by molar-refractivity contribution is 5.37. The van der Waals surface area contributed by atoms with Crippen LogP contribution in [0.3, 0.4) is 0 Å². The first-order chi connectivity index (χ1) is 8.31. The van der Waals surface area contributed by atoms with Crippen LogP contribution in [-0.2, 0) is 16.0 Å². The average molecular weight is 234 g/mol. The second kappa shape index (κ2) is 7.80. The zero-order chi connectivity index (χ0) is 12.5. The molecule has 0 radical (unpaired) electrons. The Hall–Kier alpha value is -1.41. The average Bonchev–Trinajstić information content (AvgIpc) is 2.38. The lowest BCUT2D eigenvalue weighted by atomic mass is 10.1. The third-order valence-corrected chi connectivity index (χ3v) is 2.51. The number of nitrogens with one attached hydrogen (secondary N) is 1. The van der Waals surface area contributed by atoms with E-state index in [1.165, 1.54) is 0 Å². The lowest BCUT2D eigenvalue weighted by Gasteiger charge is -2.15. The van der Waals surface area contributed by atoms with Gasteiger partial charge >= 0.3 is 0 Å². The first kappa shape index (κ1) is 13.7. The minimum absolute atomic E-state index is 0.0363. The van der Waals surface area contributed by atoms with Crippen molar-refractivity contribution in [2.75, 3.05) is 27.4 Å². The summed E-state index contributed by atoms with van der Waals surface area (Å²) < 4.78 is 10.3. The maximum atomic E-state index is 8.93. The number of nitrogens with zero attached hydrogens (tertiary/aromatic N) is 1. The van der Waals surface area contributed by atoms with E-state index in [0.717, 1.165) is 5.56 Å². The van der Waals surface area contributed by atoms with Gasteiger partial charge in [0.2, 0.25) is 0 Å². The number of nitriles is 1. The monoisotopic (exact) mass is 234 g/mol. The molecule has 0 fully saturated rings. The minimum atomic E-state index is 0.0363. The molecule has 4 heteroatoms. The zero-order valence-electron chi connectivity index (χ0n) is 10.3. The van der Waals surface area contributed by atoms with E-state index < -0.39 is 0 Å². The van der Waals surface area contributed by atoms with Crippen molar-refractivity contribution in [2.24, 2.45) is 0 Å². The van der Waals surface area contributed by atoms with Gasteiger partial charge in [-0.3, -0.25) is 0 Å². The van der Waals surface area contributed by atoms with Crippen molar-refractivity contribution in [1.29, 1.82) is 5.26 Å². The molecule has 0 aromatic heterocycles. The molecule has 1 rings (SSSR count). The van der Waals surface area contributed by atoms with Crippen molar-refractivity contribution in [2.45, 2.75) is 12.6 Å². The Morgan fingerprint density at radius 3 is 2.76 bits per heavy atom. The van der Waals surface area contributed by atoms with Crippen LogP contribution in [0.1, 0.15) is 11.1 Å². The molecule has 0 bridgehead atoms. The summed E-state index contributed by atoms with van der Waals surface area (Å²) in [4.78, 5) is 0. The molecule has 0 saturated carbocycles. The number of benzene rings is 1. The molecule has 0 spiro atoms. The van der Waals surface area contributed by atoms with Crippen LogP contribution in [0.4, 0.5) is 0 Å². The van der Waals surface area contributed by atoms with Crippen molar-refractivity contribution in [3.05, 3.63) is 35.4 Å². The first-order valence-electron chi connectivity index (χ1n) is 5.52. The molecule has 92 valence electrons. The van der Waals surface area contributed by atoms with E-state index in [2.05, 4.69) is 11.4 Å². The number of hydrogen-bond donors (Lipinski definition) is 1. The van der Waals surface area contributed by atoms with Crippen LogP contribution in [-0.4, -0.2) is 33.5 Å². The fourth-order valence-electron chi connectivity index (χ4n) is 1.55. The molecule has 0 aliphatic carbocycles. The predicted octanol–water partition coefficient (Wildman–Crippen LogP) is 1.31. The second-order valence-corrected chi connectivity index (χ2v) is 3.71. The van der Waals surface area contributed by atoms with Gasteiger partial charge in [-0.15, -0.1) is 0 Å². The summed E-state index contributed by atoms with van der Waals surface area (Å²) in [6.45, 7) is 1.92. The van der Waals surface area contributed by atoms with Crippen LogP contribution in [0.5, 0.6) is 0 Å². The quantitative estimate of drug-likeness (QED) is 0.773. The van der Waals surface area contributed by atoms with Crippen LogP contribution in [0, 0.1) is 11.3 Å². The van der Waals surface area contributed by atoms with Gasteiger partial charge in [0, 0.05) is 27.3 Å². The molecule has 0 saturated heterocycles. The summed E-state index contributed by atoms with van der Waals surface area (Å²) in [5, 5.41) is 12.2. The standard InChI is InChI=1S/C13H18N2O2/c1-16-10-13(17-2)9-15-8-12-6-4-3-5-11(12)7-14/h3-6,13,15H,8-10H2,1-2H3. The van der Waals surface area contributed by atoms with E-state index in [4.69, 9.17) is 14.7 Å². The van der Waals surface area contributed by atoms with Crippen LogP contribution < -0.4 is 5.32 Å². The lowest BCUT2D eigenvalue weighted by Crippen LogP contribution is -2.31. The highest BCUT2D eigenvalue weighted by atomic mass is 16.5. The Morgan fingerprint density at radius 2 is 2.12 bits per heavy atom. The van der Waals surface area contributed by atoms with E-state index in [1.807, 2.05) is 24.3 Å². The minimum Gasteiger partial charge on any atom is -0.382 e. The largest absolute Gasteiger partial charge is 0.382 e. The van der Waals surface area contributed by atoms with Crippen molar-refractivity contribution in [1.82, 2.24) is 5.32 Å². The fraction of sp³-hybridized carbons (Fsp3) is 0.462. The van der Waals surface area contributed by atoms with Gasteiger partial charge in [-0.05, 0) is 11.6 Å². The summed E-state index contributed by atoms with van der Waals surface area (Å²) in [6, 6.07) is 9.74. The van der Waals surface area contributed by atoms with Gasteiger partial charge in [0.1, 0.15) is 0 Å². The van der Waals surface area contributed by atoms with Crippen LogP contribution >= 0.6 is 0 Å². The SMILES string of the molecule is COCC(CNCc1ccccc1C#N)OC. The molecule has 1 unspecified atom stereocenters. The summed E-state index contributed by atoms with van der Waals surface area (Å²) in [6.07, 6.45) is 0.0363. The topological polar surface area (TPSA) is 54.3 Å². The summed E-state index contributed by atoms with van der Waals surface area (Å²) in [7, 11) is 3.31. The van der Waals surface area contributed by atoms with E-state index in [1.54, 1.807) is 14.2 Å². The Kier molecular flexibility index (Phi) is 6.26. The van der Waals surface area contributed by atoms with E-state index in [0.29, 0.717) is 25.3 Å². The number of ether oxygens (including phenoxy) is 2. The van der Waals surface area contributed by atoms with Crippen molar-refractivity contribution >= 4 is 0 Å². The maximum Gasteiger partial charge on any atom is 0.0995 e. The smallest absolute Gasteiger partial charge is 0.0995 e. The molecule has 1 N–H and O–H groups in total. The molecule has 1 atom stereocenters. The molecule has 1 aromatic rings. The van der Waals surface area contributed by atoms with Gasteiger partial charge in [0.25, 0.3) is 0 Å². The van der Waals surface area contributed by atoms with E-state index >= 15 is 0 Å². The molecular formula is C13H18N2O2. The number of hydrogen-bond acceptors (Lipinski definition) is 4. The summed E-state index contributed by atoms with van der Waals surface area (Å²) >= 11 is 0. The Bertz CT molecular complexity index is 374. The normalized spacial score (nSPS) is 12.1. The number of methoxy groups -OCH3 is 2. The van der Waals surface area contributed by atoms with E-state index in [9.17, 15) is 0 Å². The van der Waals surface area contributed by atoms with Crippen molar-refractivity contribution in [3.63, 3.8) is 0 Å². The Labute approximate surface area is 102 Å².